The molecule has 1 atom stereocenters. The van der Waals surface area contributed by atoms with E-state index in [0.717, 1.165) is 27.8 Å². The Hall–Kier alpha value is -2.88. The number of nitrogens with zero attached hydrogens (tertiary/aromatic N) is 1. The van der Waals surface area contributed by atoms with Gasteiger partial charge in [-0.3, -0.25) is 4.79 Å². The van der Waals surface area contributed by atoms with E-state index >= 15 is 0 Å². The van der Waals surface area contributed by atoms with E-state index in [0.29, 0.717) is 5.56 Å². The second-order valence-electron chi connectivity index (χ2n) is 5.87. The predicted molar refractivity (Wildman–Crippen MR) is 98.3 cm³/mol. The summed E-state index contributed by atoms with van der Waals surface area (Å²) in [6, 6.07) is 17.4. The minimum atomic E-state index is -0.128. The largest absolute Gasteiger partial charge is 0.373 e. The number of anilines is 1. The number of rotatable bonds is 4. The fourth-order valence-corrected chi connectivity index (χ4v) is 2.87. The molecule has 4 nitrogen and oxygen atoms in total. The van der Waals surface area contributed by atoms with Gasteiger partial charge in [0.05, 0.1) is 11.6 Å². The van der Waals surface area contributed by atoms with Gasteiger partial charge in [0.25, 0.3) is 5.91 Å². The van der Waals surface area contributed by atoms with E-state index in [9.17, 15) is 4.79 Å². The molecule has 0 aliphatic heterocycles. The maximum atomic E-state index is 12.6. The highest BCUT2D eigenvalue weighted by Crippen LogP contribution is 2.26. The van der Waals surface area contributed by atoms with Crippen LogP contribution < -0.4 is 10.6 Å². The summed E-state index contributed by atoms with van der Waals surface area (Å²) < 4.78 is 0. The van der Waals surface area contributed by atoms with Gasteiger partial charge in [-0.2, -0.15) is 0 Å². The number of pyridine rings is 1. The van der Waals surface area contributed by atoms with E-state index in [1.165, 1.54) is 0 Å². The molecule has 0 aliphatic rings. The van der Waals surface area contributed by atoms with Gasteiger partial charge in [-0.05, 0) is 43.2 Å². The average Bonchev–Trinajstić information content (AvgIpc) is 2.60. The zero-order valence-corrected chi connectivity index (χ0v) is 14.1. The Morgan fingerprint density at radius 1 is 1.08 bits per heavy atom. The van der Waals surface area contributed by atoms with Crippen molar-refractivity contribution in [3.8, 4) is 0 Å². The molecule has 0 unspecified atom stereocenters. The summed E-state index contributed by atoms with van der Waals surface area (Å²) in [5.74, 6) is 0.730. The third-order valence-corrected chi connectivity index (χ3v) is 4.21. The molecule has 2 aromatic carbocycles. The maximum absolute atomic E-state index is 12.6. The van der Waals surface area contributed by atoms with Crippen LogP contribution in [0.5, 0.6) is 0 Å². The molecule has 0 saturated heterocycles. The molecule has 0 radical (unpaired) electrons. The van der Waals surface area contributed by atoms with Gasteiger partial charge in [0.1, 0.15) is 5.82 Å². The zero-order valence-electron chi connectivity index (χ0n) is 14.1. The third kappa shape index (κ3) is 3.08. The lowest BCUT2D eigenvalue weighted by molar-refractivity contribution is 0.0939. The first-order valence-electron chi connectivity index (χ1n) is 8.04. The van der Waals surface area contributed by atoms with Gasteiger partial charge >= 0.3 is 0 Å². The first kappa shape index (κ1) is 16.0. The monoisotopic (exact) mass is 319 g/mol. The Bertz CT molecular complexity index is 889. The van der Waals surface area contributed by atoms with E-state index < -0.39 is 0 Å². The highest BCUT2D eigenvalue weighted by molar-refractivity contribution is 5.96. The van der Waals surface area contributed by atoms with Gasteiger partial charge < -0.3 is 10.6 Å². The third-order valence-electron chi connectivity index (χ3n) is 4.21. The van der Waals surface area contributed by atoms with Crippen LogP contribution in [-0.4, -0.2) is 17.9 Å². The molecule has 24 heavy (non-hydrogen) atoms. The Balaban J connectivity index is 1.95. The van der Waals surface area contributed by atoms with Gasteiger partial charge in [0.2, 0.25) is 0 Å². The second-order valence-corrected chi connectivity index (χ2v) is 5.87. The topological polar surface area (TPSA) is 54.0 Å². The molecule has 2 N–H and O–H groups in total. The van der Waals surface area contributed by atoms with Gasteiger partial charge in [0.15, 0.2) is 0 Å². The fraction of sp³-hybridized carbons (Fsp3) is 0.200. The number of aryl methyl sites for hydroxylation is 1. The zero-order chi connectivity index (χ0) is 17.1. The number of benzene rings is 2. The number of carbonyl (C=O) groups is 1. The van der Waals surface area contributed by atoms with E-state index in [4.69, 9.17) is 0 Å². The van der Waals surface area contributed by atoms with Crippen molar-refractivity contribution in [3.63, 3.8) is 0 Å². The highest BCUT2D eigenvalue weighted by atomic mass is 16.1. The molecule has 122 valence electrons. The van der Waals surface area contributed by atoms with Crippen molar-refractivity contribution in [3.05, 3.63) is 71.3 Å². The van der Waals surface area contributed by atoms with Crippen LogP contribution in [0, 0.1) is 6.92 Å². The van der Waals surface area contributed by atoms with Crippen LogP contribution in [0.2, 0.25) is 0 Å². The average molecular weight is 319 g/mol. The molecule has 1 aromatic heterocycles. The second kappa shape index (κ2) is 6.71. The lowest BCUT2D eigenvalue weighted by Gasteiger charge is -2.18. The van der Waals surface area contributed by atoms with Gasteiger partial charge in [0, 0.05) is 18.0 Å². The van der Waals surface area contributed by atoms with Crippen molar-refractivity contribution in [2.45, 2.75) is 19.9 Å². The summed E-state index contributed by atoms with van der Waals surface area (Å²) in [6.07, 6.45) is 0. The summed E-state index contributed by atoms with van der Waals surface area (Å²) in [7, 11) is 1.84. The summed E-state index contributed by atoms with van der Waals surface area (Å²) >= 11 is 0. The minimum Gasteiger partial charge on any atom is -0.373 e. The first-order chi connectivity index (χ1) is 11.6. The number of carbonyl (C=O) groups excluding carboxylic acids is 1. The van der Waals surface area contributed by atoms with Crippen molar-refractivity contribution in [2.24, 2.45) is 0 Å². The molecular weight excluding hydrogens is 298 g/mol. The van der Waals surface area contributed by atoms with Crippen molar-refractivity contribution in [1.29, 1.82) is 0 Å². The van der Waals surface area contributed by atoms with Crippen LogP contribution in [0.1, 0.15) is 34.5 Å². The van der Waals surface area contributed by atoms with Crippen LogP contribution >= 0.6 is 0 Å². The molecule has 1 heterocycles. The van der Waals surface area contributed by atoms with Crippen molar-refractivity contribution < 1.29 is 4.79 Å². The Kier molecular flexibility index (Phi) is 4.47. The van der Waals surface area contributed by atoms with Crippen LogP contribution in [0.3, 0.4) is 0 Å². The lowest BCUT2D eigenvalue weighted by atomic mass is 10.0. The van der Waals surface area contributed by atoms with Crippen molar-refractivity contribution in [2.75, 3.05) is 12.4 Å². The number of aromatic nitrogens is 1. The maximum Gasteiger partial charge on any atom is 0.252 e. The summed E-state index contributed by atoms with van der Waals surface area (Å²) in [5.41, 5.74) is 3.64. The molecular formula is C20H21N3O. The molecule has 0 spiro atoms. The molecule has 3 aromatic rings. The normalized spacial score (nSPS) is 12.0. The smallest absolute Gasteiger partial charge is 0.252 e. The molecule has 1 amide bonds. The number of hydrogen-bond donors (Lipinski definition) is 2. The number of para-hydroxylation sites is 1. The van der Waals surface area contributed by atoms with Gasteiger partial charge in [-0.25, -0.2) is 4.98 Å². The quantitative estimate of drug-likeness (QED) is 0.762. The van der Waals surface area contributed by atoms with E-state index in [-0.39, 0.29) is 11.9 Å². The molecule has 4 heteroatoms. The number of hydrogen-bond acceptors (Lipinski definition) is 3. The Morgan fingerprint density at radius 3 is 2.54 bits per heavy atom. The highest BCUT2D eigenvalue weighted by Gasteiger charge is 2.16. The molecule has 3 rings (SSSR count). The van der Waals surface area contributed by atoms with Crippen LogP contribution in [0.25, 0.3) is 10.9 Å². The van der Waals surface area contributed by atoms with E-state index in [1.807, 2.05) is 75.5 Å². The number of amides is 1. The minimum absolute atomic E-state index is 0.0625. The molecule has 0 bridgehead atoms. The predicted octanol–water partition coefficient (Wildman–Crippen LogP) is 4.08. The molecule has 0 aliphatic carbocycles. The standard InChI is InChI=1S/C20H21N3O/c1-13-8-4-5-9-15(13)20(24)22-14(2)17-12-19(21-3)23-18-11-7-6-10-16(17)18/h4-12,14H,1-3H3,(H,21,23)(H,22,24)/t14-/m1/s1. The number of nitrogens with one attached hydrogen (secondary N) is 2. The van der Waals surface area contributed by atoms with Crippen LogP contribution in [0.4, 0.5) is 5.82 Å². The summed E-state index contributed by atoms with van der Waals surface area (Å²) in [5, 5.41) is 7.24. The van der Waals surface area contributed by atoms with E-state index in [1.54, 1.807) is 0 Å². The van der Waals surface area contributed by atoms with Gasteiger partial charge in [-0.15, -0.1) is 0 Å². The van der Waals surface area contributed by atoms with Gasteiger partial charge in [-0.1, -0.05) is 36.4 Å². The van der Waals surface area contributed by atoms with Crippen LogP contribution in [0.15, 0.2) is 54.6 Å². The molecule has 0 saturated carbocycles. The summed E-state index contributed by atoms with van der Waals surface area (Å²) in [4.78, 5) is 17.2. The van der Waals surface area contributed by atoms with Crippen LogP contribution in [-0.2, 0) is 0 Å². The fourth-order valence-electron chi connectivity index (χ4n) is 2.87. The van der Waals surface area contributed by atoms with Crippen molar-refractivity contribution >= 4 is 22.6 Å². The van der Waals surface area contributed by atoms with Crippen molar-refractivity contribution in [1.82, 2.24) is 10.3 Å². The summed E-state index contributed by atoms with van der Waals surface area (Å²) in [6.45, 7) is 3.94. The Morgan fingerprint density at radius 2 is 1.79 bits per heavy atom. The SMILES string of the molecule is CNc1cc([C@@H](C)NC(=O)c2ccccc2C)c2ccccc2n1. The number of fused-ring (bicyclic) bond motifs is 1. The Labute approximate surface area is 141 Å². The first-order valence-corrected chi connectivity index (χ1v) is 8.04. The van der Waals surface area contributed by atoms with E-state index in [2.05, 4.69) is 15.6 Å². The lowest BCUT2D eigenvalue weighted by Crippen LogP contribution is -2.27. The molecule has 0 fully saturated rings.